The summed E-state index contributed by atoms with van der Waals surface area (Å²) in [7, 11) is -3.58. The Morgan fingerprint density at radius 2 is 0.745 bits per heavy atom. The number of fused-ring (bicyclic) bond motifs is 32. The molecule has 0 saturated heterocycles. The van der Waals surface area contributed by atoms with Crippen molar-refractivity contribution in [3.63, 3.8) is 0 Å². The quantitative estimate of drug-likeness (QED) is 0.212. The minimum Gasteiger partial charge on any atom is -0.780 e. The van der Waals surface area contributed by atoms with Crippen LogP contribution < -0.4 is 78.2 Å². The van der Waals surface area contributed by atoms with E-state index in [1.54, 1.807) is 7.11 Å². The van der Waals surface area contributed by atoms with Crippen molar-refractivity contribution in [2.45, 2.75) is 73.0 Å². The van der Waals surface area contributed by atoms with E-state index in [9.17, 15) is 14.4 Å². The molecule has 8 unspecified atom stereocenters. The first-order valence-corrected chi connectivity index (χ1v) is 19.4. The second-order valence-electron chi connectivity index (χ2n) is 15.9. The second-order valence-corrected chi connectivity index (χ2v) is 17.0. The number of ether oxygens (including phenoxy) is 1. The van der Waals surface area contributed by atoms with Gasteiger partial charge in [-0.1, -0.05) is 72.8 Å². The molecule has 5 aromatic rings. The predicted octanol–water partition coefficient (Wildman–Crippen LogP) is 1.83. The summed E-state index contributed by atoms with van der Waals surface area (Å²) in [6.45, 7) is 0. The van der Waals surface area contributed by atoms with Gasteiger partial charge >= 0.3 is 59.1 Å². The standard InChI is InChI=1S/C43H33O5P.2Na/c1-47-42-38-34-16-36(32-14-28-24-10-22(26(28)12-30(32)34)18-6-2-4-8-20(18)24)40(38)43(48-49(44,45)46)41-37-17-35(39(41)42)31-13-27-23-11-25(29(27)15-33(31)37)21-9-5-3-7-19(21)23;;/h2-9,12-15,22-25,34-37H,10-11,16-17H2,1H3,(H2,44,45,46);;/q;2*+1/p-2. The summed E-state index contributed by atoms with van der Waals surface area (Å²) in [6.07, 6.45) is 3.96. The molecular formula is C43H31Na2O5P. The Morgan fingerprint density at radius 1 is 0.471 bits per heavy atom. The molecule has 0 fully saturated rings. The van der Waals surface area contributed by atoms with E-state index >= 15 is 0 Å². The van der Waals surface area contributed by atoms with Crippen LogP contribution in [-0.4, -0.2) is 7.11 Å². The fourth-order valence-electron chi connectivity index (χ4n) is 12.9. The number of phosphoric ester groups is 1. The maximum Gasteiger partial charge on any atom is 1.00 e. The minimum atomic E-state index is -5.35. The molecule has 5 aromatic carbocycles. The summed E-state index contributed by atoms with van der Waals surface area (Å²) < 4.78 is 24.7. The van der Waals surface area contributed by atoms with E-state index in [0.717, 1.165) is 53.7 Å². The molecule has 0 aliphatic heterocycles. The van der Waals surface area contributed by atoms with Gasteiger partial charge in [-0.25, -0.2) is 0 Å². The Labute approximate surface area is 341 Å². The molecule has 8 aliphatic rings. The van der Waals surface area contributed by atoms with E-state index in [0.29, 0.717) is 29.4 Å². The molecule has 51 heavy (non-hydrogen) atoms. The second kappa shape index (κ2) is 10.5. The maximum absolute atomic E-state index is 12.6. The van der Waals surface area contributed by atoms with Crippen molar-refractivity contribution in [3.05, 3.63) is 162 Å². The first-order chi connectivity index (χ1) is 23.9. The molecule has 13 rings (SSSR count). The molecule has 8 aliphatic carbocycles. The first kappa shape index (κ1) is 32.3. The van der Waals surface area contributed by atoms with Crippen LogP contribution in [-0.2, 0) is 4.57 Å². The van der Waals surface area contributed by atoms with Crippen LogP contribution in [0.5, 0.6) is 11.5 Å². The Morgan fingerprint density at radius 3 is 1.04 bits per heavy atom. The number of hydrogen-bond donors (Lipinski definition) is 0. The smallest absolute Gasteiger partial charge is 0.780 e. The predicted molar refractivity (Wildman–Crippen MR) is 180 cm³/mol. The van der Waals surface area contributed by atoms with Gasteiger partial charge in [0, 0.05) is 69.6 Å². The zero-order chi connectivity index (χ0) is 32.2. The monoisotopic (exact) mass is 704 g/mol. The third-order valence-electron chi connectivity index (χ3n) is 14.3. The fraction of sp³-hybridized carbons (Fsp3) is 0.302. The van der Waals surface area contributed by atoms with E-state index in [1.165, 1.54) is 66.8 Å². The van der Waals surface area contributed by atoms with Gasteiger partial charge in [-0.2, -0.15) is 0 Å². The molecule has 0 heterocycles. The van der Waals surface area contributed by atoms with Gasteiger partial charge in [-0.15, -0.1) is 0 Å². The van der Waals surface area contributed by atoms with Crippen LogP contribution >= 0.6 is 7.82 Å². The van der Waals surface area contributed by atoms with E-state index in [1.807, 2.05) is 0 Å². The van der Waals surface area contributed by atoms with Crippen molar-refractivity contribution in [1.29, 1.82) is 0 Å². The van der Waals surface area contributed by atoms with Gasteiger partial charge in [-0.05, 0) is 92.4 Å². The molecule has 0 spiro atoms. The van der Waals surface area contributed by atoms with Crippen LogP contribution in [0.1, 0.15) is 162 Å². The van der Waals surface area contributed by atoms with Crippen molar-refractivity contribution in [2.75, 3.05) is 7.11 Å². The molecule has 240 valence electrons. The molecule has 8 bridgehead atoms. The topological polar surface area (TPSA) is 81.7 Å². The number of hydrogen-bond acceptors (Lipinski definition) is 5. The van der Waals surface area contributed by atoms with E-state index in [2.05, 4.69) is 72.8 Å². The zero-order valence-electron chi connectivity index (χ0n) is 28.9. The molecule has 8 atom stereocenters. The number of phosphoric acid groups is 1. The molecule has 0 N–H and O–H groups in total. The normalized spacial score (nSPS) is 28.5. The Hall–Kier alpha value is -2.15. The van der Waals surface area contributed by atoms with Gasteiger partial charge in [0.05, 0.1) is 7.11 Å². The van der Waals surface area contributed by atoms with Crippen LogP contribution in [0.15, 0.2) is 72.8 Å². The fourth-order valence-corrected chi connectivity index (χ4v) is 13.3. The van der Waals surface area contributed by atoms with Crippen molar-refractivity contribution in [3.8, 4) is 11.5 Å². The zero-order valence-corrected chi connectivity index (χ0v) is 33.8. The molecule has 0 amide bonds. The molecule has 5 nitrogen and oxygen atoms in total. The van der Waals surface area contributed by atoms with Crippen LogP contribution in [0.4, 0.5) is 0 Å². The largest absolute Gasteiger partial charge is 1.00 e. The van der Waals surface area contributed by atoms with Crippen molar-refractivity contribution in [2.24, 2.45) is 0 Å². The number of rotatable bonds is 3. The number of benzene rings is 5. The minimum absolute atomic E-state index is 0. The van der Waals surface area contributed by atoms with Crippen molar-refractivity contribution >= 4 is 7.82 Å². The molecular weight excluding hydrogens is 673 g/mol. The van der Waals surface area contributed by atoms with Gasteiger partial charge in [0.25, 0.3) is 0 Å². The average molecular weight is 705 g/mol. The molecule has 0 aromatic heterocycles. The summed E-state index contributed by atoms with van der Waals surface area (Å²) >= 11 is 0. The maximum atomic E-state index is 12.6. The van der Waals surface area contributed by atoms with E-state index in [-0.39, 0.29) is 82.8 Å². The molecule has 8 heteroatoms. The first-order valence-electron chi connectivity index (χ1n) is 17.9. The Bertz CT molecular complexity index is 2350. The molecule has 0 saturated carbocycles. The van der Waals surface area contributed by atoms with E-state index in [4.69, 9.17) is 9.26 Å². The van der Waals surface area contributed by atoms with Crippen LogP contribution in [0.25, 0.3) is 0 Å². The van der Waals surface area contributed by atoms with Crippen molar-refractivity contribution in [1.82, 2.24) is 0 Å². The summed E-state index contributed by atoms with van der Waals surface area (Å²) in [5, 5.41) is 0. The van der Waals surface area contributed by atoms with Gasteiger partial charge in [0.15, 0.2) is 0 Å². The molecule has 0 radical (unpaired) electrons. The van der Waals surface area contributed by atoms with Gasteiger partial charge in [-0.3, -0.25) is 0 Å². The van der Waals surface area contributed by atoms with Gasteiger partial charge in [0.1, 0.15) is 19.3 Å². The van der Waals surface area contributed by atoms with Gasteiger partial charge in [0.2, 0.25) is 0 Å². The summed E-state index contributed by atoms with van der Waals surface area (Å²) in [6, 6.07) is 27.6. The summed E-state index contributed by atoms with van der Waals surface area (Å²) in [4.78, 5) is 25.2. The average Bonchev–Trinajstić information content (AvgIpc) is 3.97. The third kappa shape index (κ3) is 3.79. The Balaban J connectivity index is 0.00000155. The van der Waals surface area contributed by atoms with Crippen LogP contribution in [0.3, 0.4) is 0 Å². The van der Waals surface area contributed by atoms with Crippen LogP contribution in [0, 0.1) is 0 Å². The van der Waals surface area contributed by atoms with Gasteiger partial charge < -0.3 is 23.6 Å². The SMILES string of the molecule is COc1c2c(c(OP(=O)([O-])[O-])c3c1C1CC3c3cc4c(cc31)C1CC4c3ccccc31)C1CC2c2cc3c(cc21)C1CC3c2ccccc21.[Na+].[Na+]. The van der Waals surface area contributed by atoms with E-state index < -0.39 is 7.82 Å². The number of methoxy groups -OCH3 is 1. The summed E-state index contributed by atoms with van der Waals surface area (Å²) in [5.74, 6) is 3.00. The third-order valence-corrected chi connectivity index (χ3v) is 14.7. The van der Waals surface area contributed by atoms with Crippen molar-refractivity contribution < 1.29 is 82.7 Å². The summed E-state index contributed by atoms with van der Waals surface area (Å²) in [5.41, 5.74) is 20.7. The Kier molecular flexibility index (Phi) is 6.67. The van der Waals surface area contributed by atoms with Crippen LogP contribution in [0.2, 0.25) is 0 Å².